The number of hydrogen-bond acceptors (Lipinski definition) is 4. The number of nitrogens with one attached hydrogen (secondary N) is 2. The molecule has 0 saturated carbocycles. The minimum atomic E-state index is -0.437. The molecule has 1 unspecified atom stereocenters. The Bertz CT molecular complexity index is 781. The Balaban J connectivity index is 2.18. The summed E-state index contributed by atoms with van der Waals surface area (Å²) in [6.07, 6.45) is 0.0659. The second kappa shape index (κ2) is 9.10. The third kappa shape index (κ3) is 5.13. The van der Waals surface area contributed by atoms with E-state index in [-0.39, 0.29) is 18.2 Å². The van der Waals surface area contributed by atoms with Crippen LogP contribution in [0.5, 0.6) is 11.5 Å². The van der Waals surface area contributed by atoms with E-state index in [2.05, 4.69) is 10.6 Å². The number of hydrogen-bond donors (Lipinski definition) is 2. The molecule has 2 N–H and O–H groups in total. The standard InChI is InChI=1S/C19H21ClN2O4/c1-12(23)21-15(13-7-5-4-6-8-13)10-19(24)22-16-9-14(20)17(25-2)11-18(16)26-3/h4-9,11,15H,10H2,1-3H3,(H,21,23)(H,22,24). The first-order valence-electron chi connectivity index (χ1n) is 7.98. The maximum atomic E-state index is 12.5. The van der Waals surface area contributed by atoms with Gasteiger partial charge in [0.05, 0.1) is 37.4 Å². The summed E-state index contributed by atoms with van der Waals surface area (Å²) in [7, 11) is 2.99. The predicted octanol–water partition coefficient (Wildman–Crippen LogP) is 3.56. The molecule has 0 bridgehead atoms. The molecule has 2 aromatic rings. The van der Waals surface area contributed by atoms with Gasteiger partial charge in [-0.1, -0.05) is 41.9 Å². The molecule has 2 amide bonds. The van der Waals surface area contributed by atoms with Gasteiger partial charge in [-0.05, 0) is 11.6 Å². The molecule has 0 radical (unpaired) electrons. The van der Waals surface area contributed by atoms with Gasteiger partial charge in [0, 0.05) is 13.0 Å². The van der Waals surface area contributed by atoms with E-state index >= 15 is 0 Å². The van der Waals surface area contributed by atoms with Gasteiger partial charge >= 0.3 is 0 Å². The summed E-state index contributed by atoms with van der Waals surface area (Å²) in [4.78, 5) is 24.0. The molecule has 7 heteroatoms. The van der Waals surface area contributed by atoms with Gasteiger partial charge in [-0.2, -0.15) is 0 Å². The number of carbonyl (C=O) groups excluding carboxylic acids is 2. The van der Waals surface area contributed by atoms with Crippen LogP contribution in [-0.4, -0.2) is 26.0 Å². The van der Waals surface area contributed by atoms with Gasteiger partial charge in [0.15, 0.2) is 0 Å². The van der Waals surface area contributed by atoms with Crippen molar-refractivity contribution in [3.63, 3.8) is 0 Å². The van der Waals surface area contributed by atoms with Crippen molar-refractivity contribution in [1.82, 2.24) is 5.32 Å². The molecule has 2 aromatic carbocycles. The quantitative estimate of drug-likeness (QED) is 0.774. The van der Waals surface area contributed by atoms with Crippen LogP contribution in [0.25, 0.3) is 0 Å². The smallest absolute Gasteiger partial charge is 0.226 e. The zero-order chi connectivity index (χ0) is 19.1. The second-order valence-electron chi connectivity index (χ2n) is 5.60. The number of rotatable bonds is 7. The lowest BCUT2D eigenvalue weighted by Crippen LogP contribution is -2.29. The fourth-order valence-electron chi connectivity index (χ4n) is 2.53. The van der Waals surface area contributed by atoms with Crippen molar-refractivity contribution in [3.8, 4) is 11.5 Å². The highest BCUT2D eigenvalue weighted by molar-refractivity contribution is 6.32. The Morgan fingerprint density at radius 3 is 2.31 bits per heavy atom. The Labute approximate surface area is 157 Å². The summed E-state index contributed by atoms with van der Waals surface area (Å²) in [5.74, 6) is 0.376. The molecular weight excluding hydrogens is 356 g/mol. The summed E-state index contributed by atoms with van der Waals surface area (Å²) in [5.41, 5.74) is 1.27. The van der Waals surface area contributed by atoms with Crippen molar-refractivity contribution in [1.29, 1.82) is 0 Å². The minimum absolute atomic E-state index is 0.0659. The third-order valence-corrected chi connectivity index (χ3v) is 4.01. The Morgan fingerprint density at radius 1 is 1.08 bits per heavy atom. The monoisotopic (exact) mass is 376 g/mol. The molecule has 0 saturated heterocycles. The van der Waals surface area contributed by atoms with Crippen LogP contribution in [0.3, 0.4) is 0 Å². The van der Waals surface area contributed by atoms with E-state index in [1.807, 2.05) is 30.3 Å². The summed E-state index contributed by atoms with van der Waals surface area (Å²) in [5, 5.41) is 5.92. The topological polar surface area (TPSA) is 76.7 Å². The number of anilines is 1. The molecule has 0 aromatic heterocycles. The van der Waals surface area contributed by atoms with Gasteiger partial charge < -0.3 is 20.1 Å². The van der Waals surface area contributed by atoms with Gasteiger partial charge in [0.1, 0.15) is 11.5 Å². The summed E-state index contributed by atoms with van der Waals surface area (Å²) in [6, 6.07) is 12.0. The Kier molecular flexibility index (Phi) is 6.86. The Morgan fingerprint density at radius 2 is 1.73 bits per heavy atom. The number of ether oxygens (including phenoxy) is 2. The van der Waals surface area contributed by atoms with E-state index in [1.165, 1.54) is 21.1 Å². The predicted molar refractivity (Wildman–Crippen MR) is 101 cm³/mol. The van der Waals surface area contributed by atoms with Crippen LogP contribution in [-0.2, 0) is 9.59 Å². The molecular formula is C19H21ClN2O4. The van der Waals surface area contributed by atoms with Crippen molar-refractivity contribution in [2.45, 2.75) is 19.4 Å². The number of halogens is 1. The van der Waals surface area contributed by atoms with E-state index in [0.717, 1.165) is 5.56 Å². The first-order valence-corrected chi connectivity index (χ1v) is 8.35. The lowest BCUT2D eigenvalue weighted by Gasteiger charge is -2.19. The first kappa shape index (κ1) is 19.6. The van der Waals surface area contributed by atoms with E-state index in [9.17, 15) is 9.59 Å². The van der Waals surface area contributed by atoms with Crippen LogP contribution in [0, 0.1) is 0 Å². The van der Waals surface area contributed by atoms with Crippen LogP contribution in [0.4, 0.5) is 5.69 Å². The molecule has 1 atom stereocenters. The van der Waals surface area contributed by atoms with Crippen molar-refractivity contribution >= 4 is 29.1 Å². The van der Waals surface area contributed by atoms with Gasteiger partial charge in [-0.15, -0.1) is 0 Å². The average molecular weight is 377 g/mol. The average Bonchev–Trinajstić information content (AvgIpc) is 2.61. The largest absolute Gasteiger partial charge is 0.495 e. The molecule has 6 nitrogen and oxygen atoms in total. The van der Waals surface area contributed by atoms with Gasteiger partial charge in [0.2, 0.25) is 11.8 Å². The van der Waals surface area contributed by atoms with Gasteiger partial charge in [0.25, 0.3) is 0 Å². The molecule has 2 rings (SSSR count). The molecule has 0 fully saturated rings. The number of benzene rings is 2. The van der Waals surface area contributed by atoms with Crippen molar-refractivity contribution < 1.29 is 19.1 Å². The molecule has 0 spiro atoms. The summed E-state index contributed by atoms with van der Waals surface area (Å²) >= 11 is 6.12. The van der Waals surface area contributed by atoms with Crippen molar-refractivity contribution in [2.75, 3.05) is 19.5 Å². The van der Waals surface area contributed by atoms with Crippen LogP contribution in [0.1, 0.15) is 24.9 Å². The SMILES string of the molecule is COc1cc(OC)c(NC(=O)CC(NC(C)=O)c2ccccc2)cc1Cl. The van der Waals surface area contributed by atoms with Crippen LogP contribution in [0.2, 0.25) is 5.02 Å². The highest BCUT2D eigenvalue weighted by Crippen LogP contribution is 2.36. The van der Waals surface area contributed by atoms with Crippen molar-refractivity contribution in [2.24, 2.45) is 0 Å². The number of methoxy groups -OCH3 is 2. The second-order valence-corrected chi connectivity index (χ2v) is 6.01. The highest BCUT2D eigenvalue weighted by Gasteiger charge is 2.19. The van der Waals surface area contributed by atoms with Gasteiger partial charge in [-0.25, -0.2) is 0 Å². The molecule has 0 aliphatic heterocycles. The maximum absolute atomic E-state index is 12.5. The van der Waals surface area contributed by atoms with Crippen LogP contribution < -0.4 is 20.1 Å². The maximum Gasteiger partial charge on any atom is 0.226 e. The number of carbonyl (C=O) groups is 2. The van der Waals surface area contributed by atoms with E-state index in [1.54, 1.807) is 12.1 Å². The zero-order valence-electron chi connectivity index (χ0n) is 14.8. The molecule has 0 heterocycles. The fraction of sp³-hybridized carbons (Fsp3) is 0.263. The zero-order valence-corrected chi connectivity index (χ0v) is 15.6. The molecule has 26 heavy (non-hydrogen) atoms. The summed E-state index contributed by atoms with van der Waals surface area (Å²) in [6.45, 7) is 1.42. The lowest BCUT2D eigenvalue weighted by atomic mass is 10.0. The highest BCUT2D eigenvalue weighted by atomic mass is 35.5. The van der Waals surface area contributed by atoms with Gasteiger partial charge in [-0.3, -0.25) is 9.59 Å². The van der Waals surface area contributed by atoms with E-state index in [0.29, 0.717) is 22.2 Å². The van der Waals surface area contributed by atoms with Crippen molar-refractivity contribution in [3.05, 3.63) is 53.1 Å². The Hall–Kier alpha value is -2.73. The normalized spacial score (nSPS) is 11.4. The van der Waals surface area contributed by atoms with E-state index in [4.69, 9.17) is 21.1 Å². The number of amides is 2. The molecule has 0 aliphatic rings. The lowest BCUT2D eigenvalue weighted by molar-refractivity contribution is -0.120. The molecule has 0 aliphatic carbocycles. The first-order chi connectivity index (χ1) is 12.4. The fourth-order valence-corrected chi connectivity index (χ4v) is 2.77. The van der Waals surface area contributed by atoms with Crippen LogP contribution >= 0.6 is 11.6 Å². The van der Waals surface area contributed by atoms with E-state index < -0.39 is 6.04 Å². The third-order valence-electron chi connectivity index (χ3n) is 3.72. The molecule has 138 valence electrons. The minimum Gasteiger partial charge on any atom is -0.495 e. The summed E-state index contributed by atoms with van der Waals surface area (Å²) < 4.78 is 10.4. The van der Waals surface area contributed by atoms with Crippen LogP contribution in [0.15, 0.2) is 42.5 Å².